The minimum Gasteiger partial charge on any atom is -0.123 e. The number of alkyl halides is 1. The Morgan fingerprint density at radius 1 is 1.00 bits per heavy atom. The standard InChI is InChI=1S/C14H25Cl/c1-2-11-3-5-12(6-4-11)7-10-14(15)13-8-9-13/h11-14H,2-10H2,1H3. The molecule has 0 aromatic rings. The third-order valence-corrected chi connectivity index (χ3v) is 5.10. The third kappa shape index (κ3) is 3.66. The molecule has 0 heterocycles. The van der Waals surface area contributed by atoms with E-state index in [0.29, 0.717) is 5.38 Å². The van der Waals surface area contributed by atoms with Crippen LogP contribution in [0.3, 0.4) is 0 Å². The van der Waals surface area contributed by atoms with Gasteiger partial charge < -0.3 is 0 Å². The van der Waals surface area contributed by atoms with E-state index in [1.54, 1.807) is 0 Å². The Morgan fingerprint density at radius 2 is 1.60 bits per heavy atom. The van der Waals surface area contributed by atoms with Crippen molar-refractivity contribution in [2.45, 2.75) is 70.1 Å². The van der Waals surface area contributed by atoms with E-state index in [9.17, 15) is 0 Å². The maximum absolute atomic E-state index is 6.35. The van der Waals surface area contributed by atoms with Crippen LogP contribution >= 0.6 is 11.6 Å². The molecule has 0 bridgehead atoms. The lowest BCUT2D eigenvalue weighted by molar-refractivity contribution is 0.254. The molecule has 0 N–H and O–H groups in total. The molecular formula is C14H25Cl. The van der Waals surface area contributed by atoms with Crippen molar-refractivity contribution in [2.24, 2.45) is 17.8 Å². The summed E-state index contributed by atoms with van der Waals surface area (Å²) in [7, 11) is 0. The number of rotatable bonds is 5. The van der Waals surface area contributed by atoms with Crippen molar-refractivity contribution in [3.05, 3.63) is 0 Å². The van der Waals surface area contributed by atoms with E-state index in [-0.39, 0.29) is 0 Å². The average molecular weight is 229 g/mol. The minimum atomic E-state index is 0.508. The summed E-state index contributed by atoms with van der Waals surface area (Å²) in [6.45, 7) is 2.34. The van der Waals surface area contributed by atoms with E-state index in [2.05, 4.69) is 6.92 Å². The number of hydrogen-bond acceptors (Lipinski definition) is 0. The molecule has 88 valence electrons. The van der Waals surface area contributed by atoms with E-state index in [0.717, 1.165) is 17.8 Å². The summed E-state index contributed by atoms with van der Waals surface area (Å²) >= 11 is 6.35. The van der Waals surface area contributed by atoms with E-state index in [1.807, 2.05) is 0 Å². The second kappa shape index (κ2) is 5.57. The van der Waals surface area contributed by atoms with Crippen molar-refractivity contribution >= 4 is 11.6 Å². The summed E-state index contributed by atoms with van der Waals surface area (Å²) < 4.78 is 0. The molecule has 0 saturated heterocycles. The molecular weight excluding hydrogens is 204 g/mol. The zero-order valence-corrected chi connectivity index (χ0v) is 10.8. The normalized spacial score (nSPS) is 34.0. The lowest BCUT2D eigenvalue weighted by atomic mass is 9.79. The highest BCUT2D eigenvalue weighted by Gasteiger charge is 2.30. The predicted octanol–water partition coefficient (Wildman–Crippen LogP) is 5.00. The molecule has 0 aromatic heterocycles. The molecule has 0 amide bonds. The van der Waals surface area contributed by atoms with Crippen molar-refractivity contribution < 1.29 is 0 Å². The lowest BCUT2D eigenvalue weighted by Gasteiger charge is -2.28. The van der Waals surface area contributed by atoms with Crippen LogP contribution in [0.5, 0.6) is 0 Å². The fourth-order valence-electron chi connectivity index (χ4n) is 3.02. The van der Waals surface area contributed by atoms with Gasteiger partial charge in [0, 0.05) is 5.38 Å². The Labute approximate surface area is 99.8 Å². The maximum atomic E-state index is 6.35. The summed E-state index contributed by atoms with van der Waals surface area (Å²) in [5, 5.41) is 0.508. The topological polar surface area (TPSA) is 0 Å². The van der Waals surface area contributed by atoms with Crippen molar-refractivity contribution in [3.8, 4) is 0 Å². The fourth-order valence-corrected chi connectivity index (χ4v) is 3.39. The van der Waals surface area contributed by atoms with E-state index >= 15 is 0 Å². The molecule has 2 aliphatic rings. The fraction of sp³-hybridized carbons (Fsp3) is 1.00. The molecule has 2 rings (SSSR count). The number of hydrogen-bond donors (Lipinski definition) is 0. The lowest BCUT2D eigenvalue weighted by Crippen LogP contribution is -2.15. The molecule has 0 aromatic carbocycles. The maximum Gasteiger partial charge on any atom is 0.0364 e. The Bertz CT molecular complexity index is 178. The second-order valence-corrected chi connectivity index (χ2v) is 6.29. The first-order valence-electron chi connectivity index (χ1n) is 6.93. The monoisotopic (exact) mass is 228 g/mol. The van der Waals surface area contributed by atoms with Gasteiger partial charge in [0.1, 0.15) is 0 Å². The van der Waals surface area contributed by atoms with Crippen LogP contribution in [-0.4, -0.2) is 5.38 Å². The summed E-state index contributed by atoms with van der Waals surface area (Å²) in [4.78, 5) is 0. The molecule has 15 heavy (non-hydrogen) atoms. The molecule has 1 atom stereocenters. The van der Waals surface area contributed by atoms with Gasteiger partial charge in [-0.15, -0.1) is 11.6 Å². The highest BCUT2D eigenvalue weighted by Crippen LogP contribution is 2.40. The van der Waals surface area contributed by atoms with Gasteiger partial charge in [0.2, 0.25) is 0 Å². The van der Waals surface area contributed by atoms with Gasteiger partial charge in [-0.25, -0.2) is 0 Å². The first-order chi connectivity index (χ1) is 7.29. The summed E-state index contributed by atoms with van der Waals surface area (Å²) in [6, 6.07) is 0. The van der Waals surface area contributed by atoms with Gasteiger partial charge in [0.15, 0.2) is 0 Å². The molecule has 2 aliphatic carbocycles. The molecule has 0 aliphatic heterocycles. The largest absolute Gasteiger partial charge is 0.123 e. The van der Waals surface area contributed by atoms with Crippen molar-refractivity contribution in [1.29, 1.82) is 0 Å². The van der Waals surface area contributed by atoms with Crippen LogP contribution in [0.1, 0.15) is 64.7 Å². The van der Waals surface area contributed by atoms with Crippen LogP contribution in [0.4, 0.5) is 0 Å². The Hall–Kier alpha value is 0.290. The quantitative estimate of drug-likeness (QED) is 0.581. The first-order valence-corrected chi connectivity index (χ1v) is 7.37. The van der Waals surface area contributed by atoms with Crippen molar-refractivity contribution in [2.75, 3.05) is 0 Å². The van der Waals surface area contributed by atoms with Gasteiger partial charge in [-0.3, -0.25) is 0 Å². The van der Waals surface area contributed by atoms with Gasteiger partial charge in [-0.2, -0.15) is 0 Å². The van der Waals surface area contributed by atoms with E-state index in [1.165, 1.54) is 57.8 Å². The van der Waals surface area contributed by atoms with Gasteiger partial charge in [-0.05, 0) is 43.4 Å². The Morgan fingerprint density at radius 3 is 2.13 bits per heavy atom. The van der Waals surface area contributed by atoms with Crippen LogP contribution < -0.4 is 0 Å². The Kier molecular flexibility index (Phi) is 4.37. The van der Waals surface area contributed by atoms with Crippen LogP contribution in [0.2, 0.25) is 0 Å². The van der Waals surface area contributed by atoms with Gasteiger partial charge in [0.25, 0.3) is 0 Å². The smallest absolute Gasteiger partial charge is 0.0364 e. The molecule has 2 fully saturated rings. The SMILES string of the molecule is CCC1CCC(CCC(Cl)C2CC2)CC1. The highest BCUT2D eigenvalue weighted by molar-refractivity contribution is 6.20. The van der Waals surface area contributed by atoms with Crippen molar-refractivity contribution in [3.63, 3.8) is 0 Å². The molecule has 0 nitrogen and oxygen atoms in total. The second-order valence-electron chi connectivity index (χ2n) is 5.73. The highest BCUT2D eigenvalue weighted by atomic mass is 35.5. The average Bonchev–Trinajstić information content (AvgIpc) is 3.10. The molecule has 2 saturated carbocycles. The molecule has 0 radical (unpaired) electrons. The Balaban J connectivity index is 1.59. The van der Waals surface area contributed by atoms with Crippen LogP contribution in [0, 0.1) is 17.8 Å². The molecule has 1 unspecified atom stereocenters. The zero-order valence-electron chi connectivity index (χ0n) is 10.1. The van der Waals surface area contributed by atoms with Gasteiger partial charge in [0.05, 0.1) is 0 Å². The first kappa shape index (κ1) is 11.8. The van der Waals surface area contributed by atoms with Crippen LogP contribution in [0.15, 0.2) is 0 Å². The minimum absolute atomic E-state index is 0.508. The predicted molar refractivity (Wildman–Crippen MR) is 67.3 cm³/mol. The van der Waals surface area contributed by atoms with Crippen LogP contribution in [-0.2, 0) is 0 Å². The summed E-state index contributed by atoms with van der Waals surface area (Å²) in [6.07, 6.45) is 12.8. The third-order valence-electron chi connectivity index (χ3n) is 4.53. The van der Waals surface area contributed by atoms with Crippen LogP contribution in [0.25, 0.3) is 0 Å². The zero-order chi connectivity index (χ0) is 10.7. The molecule has 1 heteroatoms. The van der Waals surface area contributed by atoms with Crippen molar-refractivity contribution in [1.82, 2.24) is 0 Å². The van der Waals surface area contributed by atoms with E-state index < -0.39 is 0 Å². The van der Waals surface area contributed by atoms with Gasteiger partial charge >= 0.3 is 0 Å². The number of halogens is 1. The molecule has 0 spiro atoms. The van der Waals surface area contributed by atoms with Gasteiger partial charge in [-0.1, -0.05) is 39.0 Å². The summed E-state index contributed by atoms with van der Waals surface area (Å²) in [5.41, 5.74) is 0. The summed E-state index contributed by atoms with van der Waals surface area (Å²) in [5.74, 6) is 2.93. The van der Waals surface area contributed by atoms with E-state index in [4.69, 9.17) is 11.6 Å².